The van der Waals surface area contributed by atoms with Crippen LogP contribution in [-0.2, 0) is 6.42 Å². The number of hydrogen-bond acceptors (Lipinski definition) is 3. The molecule has 5 heteroatoms. The zero-order chi connectivity index (χ0) is 18.4. The lowest BCUT2D eigenvalue weighted by atomic mass is 9.90. The van der Waals surface area contributed by atoms with Crippen LogP contribution < -0.4 is 17.2 Å². The maximum atomic E-state index is 12.0. The summed E-state index contributed by atoms with van der Waals surface area (Å²) in [6.07, 6.45) is 0.604. The molecule has 3 aromatic rings. The number of nitrogens with two attached hydrogens (primary N) is 3. The first-order valence-electron chi connectivity index (χ1n) is 8.20. The Hall–Kier alpha value is -3.60. The number of rotatable bonds is 3. The number of fused-ring (bicyclic) bond motifs is 3. The molecule has 128 valence electrons. The molecule has 0 bridgehead atoms. The molecule has 5 nitrogen and oxygen atoms in total. The molecule has 0 unspecified atom stereocenters. The van der Waals surface area contributed by atoms with Gasteiger partial charge in [-0.25, -0.2) is 0 Å². The van der Waals surface area contributed by atoms with Gasteiger partial charge in [0.25, 0.3) is 0 Å². The maximum absolute atomic E-state index is 12.0. The number of carbonyl (C=O) groups excluding carboxylic acids is 2. The van der Waals surface area contributed by atoms with Crippen LogP contribution >= 0.6 is 0 Å². The van der Waals surface area contributed by atoms with Gasteiger partial charge in [-0.1, -0.05) is 24.3 Å². The fourth-order valence-electron chi connectivity index (χ4n) is 3.62. The molecule has 1 aliphatic rings. The highest BCUT2D eigenvalue weighted by Gasteiger charge is 2.25. The highest BCUT2D eigenvalue weighted by atomic mass is 16.1. The van der Waals surface area contributed by atoms with Crippen molar-refractivity contribution in [1.82, 2.24) is 0 Å². The van der Waals surface area contributed by atoms with E-state index in [0.717, 1.165) is 33.4 Å². The van der Waals surface area contributed by atoms with E-state index in [-0.39, 0.29) is 0 Å². The Morgan fingerprint density at radius 1 is 0.808 bits per heavy atom. The van der Waals surface area contributed by atoms with Gasteiger partial charge < -0.3 is 17.2 Å². The van der Waals surface area contributed by atoms with E-state index < -0.39 is 11.8 Å². The van der Waals surface area contributed by atoms with Gasteiger partial charge in [-0.2, -0.15) is 0 Å². The van der Waals surface area contributed by atoms with Crippen molar-refractivity contribution < 1.29 is 9.59 Å². The fourth-order valence-corrected chi connectivity index (χ4v) is 3.62. The Morgan fingerprint density at radius 2 is 1.50 bits per heavy atom. The van der Waals surface area contributed by atoms with Crippen LogP contribution in [0.4, 0.5) is 5.69 Å². The first kappa shape index (κ1) is 15.9. The quantitative estimate of drug-likeness (QED) is 0.497. The molecule has 0 radical (unpaired) electrons. The standard InChI is InChI=1S/C21H17N3O2/c22-14-4-1-11(2-5-14)19-17(21(24)26)8-7-16-15-6-3-12(20(23)25)9-13(15)10-18(16)19/h1-9H,10,22H2,(H2,23,25)(H2,24,26). The number of nitrogen functional groups attached to an aromatic ring is 1. The summed E-state index contributed by atoms with van der Waals surface area (Å²) in [7, 11) is 0. The van der Waals surface area contributed by atoms with Crippen molar-refractivity contribution in [2.24, 2.45) is 11.5 Å². The third-order valence-corrected chi connectivity index (χ3v) is 4.82. The third-order valence-electron chi connectivity index (χ3n) is 4.82. The van der Waals surface area contributed by atoms with Gasteiger partial charge in [-0.3, -0.25) is 9.59 Å². The Labute approximate surface area is 150 Å². The van der Waals surface area contributed by atoms with E-state index in [0.29, 0.717) is 23.2 Å². The summed E-state index contributed by atoms with van der Waals surface area (Å²) < 4.78 is 0. The van der Waals surface area contributed by atoms with Crippen molar-refractivity contribution in [2.45, 2.75) is 6.42 Å². The molecule has 0 spiro atoms. The molecule has 0 atom stereocenters. The van der Waals surface area contributed by atoms with Crippen molar-refractivity contribution in [3.8, 4) is 22.3 Å². The third kappa shape index (κ3) is 2.41. The minimum absolute atomic E-state index is 0.458. The van der Waals surface area contributed by atoms with Gasteiger partial charge in [-0.15, -0.1) is 0 Å². The molecular weight excluding hydrogens is 326 g/mol. The Bertz CT molecular complexity index is 1070. The van der Waals surface area contributed by atoms with E-state index >= 15 is 0 Å². The number of benzene rings is 3. The number of anilines is 1. The Kier molecular flexibility index (Phi) is 3.51. The molecule has 0 fully saturated rings. The number of primary amides is 2. The van der Waals surface area contributed by atoms with E-state index in [1.54, 1.807) is 24.3 Å². The van der Waals surface area contributed by atoms with Crippen LogP contribution in [0.1, 0.15) is 31.8 Å². The molecule has 6 N–H and O–H groups in total. The van der Waals surface area contributed by atoms with Gasteiger partial charge in [0.05, 0.1) is 0 Å². The minimum Gasteiger partial charge on any atom is -0.399 e. The van der Waals surface area contributed by atoms with Gasteiger partial charge in [0.15, 0.2) is 0 Å². The van der Waals surface area contributed by atoms with Crippen molar-refractivity contribution in [3.63, 3.8) is 0 Å². The van der Waals surface area contributed by atoms with Crippen molar-refractivity contribution in [3.05, 3.63) is 76.9 Å². The van der Waals surface area contributed by atoms with Crippen LogP contribution in [0, 0.1) is 0 Å². The molecular formula is C21H17N3O2. The lowest BCUT2D eigenvalue weighted by molar-refractivity contribution is 0.0992. The Balaban J connectivity index is 1.95. The molecule has 26 heavy (non-hydrogen) atoms. The van der Waals surface area contributed by atoms with Crippen molar-refractivity contribution in [1.29, 1.82) is 0 Å². The molecule has 1 aliphatic carbocycles. The summed E-state index contributed by atoms with van der Waals surface area (Å²) >= 11 is 0. The largest absolute Gasteiger partial charge is 0.399 e. The van der Waals surface area contributed by atoms with E-state index in [9.17, 15) is 9.59 Å². The fraction of sp³-hybridized carbons (Fsp3) is 0.0476. The summed E-state index contributed by atoms with van der Waals surface area (Å²) in [6.45, 7) is 0. The minimum atomic E-state index is -0.478. The van der Waals surface area contributed by atoms with Crippen LogP contribution in [-0.4, -0.2) is 11.8 Å². The van der Waals surface area contributed by atoms with Crippen LogP contribution in [0.5, 0.6) is 0 Å². The van der Waals surface area contributed by atoms with Gasteiger partial charge in [-0.05, 0) is 70.1 Å². The number of hydrogen-bond donors (Lipinski definition) is 3. The second kappa shape index (κ2) is 5.74. The summed E-state index contributed by atoms with van der Waals surface area (Å²) in [5.41, 5.74) is 24.2. The zero-order valence-electron chi connectivity index (χ0n) is 14.0. The number of amides is 2. The van der Waals surface area contributed by atoms with Gasteiger partial charge in [0, 0.05) is 16.8 Å². The smallest absolute Gasteiger partial charge is 0.249 e. The van der Waals surface area contributed by atoms with Crippen molar-refractivity contribution in [2.75, 3.05) is 5.73 Å². The lowest BCUT2D eigenvalue weighted by Crippen LogP contribution is -2.13. The number of carbonyl (C=O) groups is 2. The van der Waals surface area contributed by atoms with Gasteiger partial charge in [0.1, 0.15) is 0 Å². The second-order valence-electron chi connectivity index (χ2n) is 6.41. The molecule has 0 saturated heterocycles. The zero-order valence-corrected chi connectivity index (χ0v) is 14.0. The molecule has 4 rings (SSSR count). The van der Waals surface area contributed by atoms with Gasteiger partial charge >= 0.3 is 0 Å². The second-order valence-corrected chi connectivity index (χ2v) is 6.41. The van der Waals surface area contributed by atoms with Crippen LogP contribution in [0.3, 0.4) is 0 Å². The summed E-state index contributed by atoms with van der Waals surface area (Å²) in [5.74, 6) is -0.936. The molecule has 0 heterocycles. The monoisotopic (exact) mass is 343 g/mol. The normalized spacial score (nSPS) is 11.7. The van der Waals surface area contributed by atoms with Gasteiger partial charge in [0.2, 0.25) is 11.8 Å². The predicted octanol–water partition coefficient (Wildman–Crippen LogP) is 2.70. The summed E-state index contributed by atoms with van der Waals surface area (Å²) in [6, 6.07) is 16.5. The first-order valence-corrected chi connectivity index (χ1v) is 8.20. The highest BCUT2D eigenvalue weighted by Crippen LogP contribution is 2.43. The van der Waals surface area contributed by atoms with E-state index in [4.69, 9.17) is 17.2 Å². The van der Waals surface area contributed by atoms with E-state index in [2.05, 4.69) is 0 Å². The van der Waals surface area contributed by atoms with E-state index in [1.807, 2.05) is 30.3 Å². The summed E-state index contributed by atoms with van der Waals surface area (Å²) in [4.78, 5) is 23.5. The first-order chi connectivity index (χ1) is 12.5. The van der Waals surface area contributed by atoms with Crippen LogP contribution in [0.15, 0.2) is 54.6 Å². The molecule has 2 amide bonds. The average Bonchev–Trinajstić information content (AvgIpc) is 2.99. The average molecular weight is 343 g/mol. The lowest BCUT2D eigenvalue weighted by Gasteiger charge is -2.13. The predicted molar refractivity (Wildman–Crippen MR) is 102 cm³/mol. The maximum Gasteiger partial charge on any atom is 0.249 e. The van der Waals surface area contributed by atoms with Crippen molar-refractivity contribution >= 4 is 17.5 Å². The molecule has 0 saturated carbocycles. The SMILES string of the molecule is NC(=O)c1ccc2c(c1)Cc1c-2ccc(C(N)=O)c1-c1ccc(N)cc1. The summed E-state index contributed by atoms with van der Waals surface area (Å²) in [5, 5.41) is 0. The Morgan fingerprint density at radius 3 is 2.15 bits per heavy atom. The van der Waals surface area contributed by atoms with Crippen LogP contribution in [0.25, 0.3) is 22.3 Å². The highest BCUT2D eigenvalue weighted by molar-refractivity contribution is 6.03. The topological polar surface area (TPSA) is 112 Å². The molecule has 0 aliphatic heterocycles. The van der Waals surface area contributed by atoms with Crippen LogP contribution in [0.2, 0.25) is 0 Å². The molecule has 3 aromatic carbocycles. The molecule has 0 aromatic heterocycles. The van der Waals surface area contributed by atoms with E-state index in [1.165, 1.54) is 0 Å².